The van der Waals surface area contributed by atoms with Gasteiger partial charge in [0.2, 0.25) is 0 Å². The number of benzene rings is 2. The Balaban J connectivity index is 1.33. The largest absolute Gasteiger partial charge is 0.493 e. The van der Waals surface area contributed by atoms with Gasteiger partial charge in [-0.25, -0.2) is 5.43 Å². The van der Waals surface area contributed by atoms with Gasteiger partial charge in [0.25, 0.3) is 0 Å². The molecule has 0 aliphatic carbocycles. The van der Waals surface area contributed by atoms with Crippen LogP contribution in [0.2, 0.25) is 0 Å². The third kappa shape index (κ3) is 6.92. The van der Waals surface area contributed by atoms with Crippen LogP contribution >= 0.6 is 15.9 Å². The van der Waals surface area contributed by atoms with E-state index in [1.807, 2.05) is 37.3 Å². The van der Waals surface area contributed by atoms with E-state index >= 15 is 0 Å². The van der Waals surface area contributed by atoms with Crippen molar-refractivity contribution in [2.24, 2.45) is 5.10 Å². The number of aryl methyl sites for hydroxylation is 2. The molecule has 1 N–H and O–H groups in total. The van der Waals surface area contributed by atoms with Gasteiger partial charge in [-0.1, -0.05) is 6.92 Å². The number of rotatable bonds is 11. The van der Waals surface area contributed by atoms with Crippen molar-refractivity contribution >= 4 is 28.1 Å². The second kappa shape index (κ2) is 12.7. The molecule has 2 aromatic heterocycles. The van der Waals surface area contributed by atoms with Crippen molar-refractivity contribution in [3.63, 3.8) is 0 Å². The lowest BCUT2D eigenvalue weighted by molar-refractivity contribution is 0.0923. The molecule has 4 aromatic rings. The molecule has 9 heteroatoms. The van der Waals surface area contributed by atoms with E-state index < -0.39 is 5.91 Å². The summed E-state index contributed by atoms with van der Waals surface area (Å²) in [5.41, 5.74) is 6.61. The summed E-state index contributed by atoms with van der Waals surface area (Å²) in [6.07, 6.45) is 2.45. The molecule has 4 rings (SSSR count). The van der Waals surface area contributed by atoms with Gasteiger partial charge in [-0.05, 0) is 104 Å². The van der Waals surface area contributed by atoms with Crippen LogP contribution in [0.4, 0.5) is 0 Å². The molecule has 0 unspecified atom stereocenters. The second-order valence-electron chi connectivity index (χ2n) is 9.06. The van der Waals surface area contributed by atoms with Crippen LogP contribution in [0.25, 0.3) is 5.69 Å². The van der Waals surface area contributed by atoms with Gasteiger partial charge < -0.3 is 23.2 Å². The number of methoxy groups -OCH3 is 1. The number of halogens is 1. The molecule has 0 bridgehead atoms. The number of furan rings is 1. The maximum absolute atomic E-state index is 12.5. The van der Waals surface area contributed by atoms with Crippen molar-refractivity contribution in [3.05, 3.63) is 93.6 Å². The number of nitrogens with zero attached hydrogens (tertiary/aromatic N) is 2. The molecule has 0 radical (unpaired) electrons. The molecule has 0 fully saturated rings. The van der Waals surface area contributed by atoms with Crippen molar-refractivity contribution in [2.45, 2.75) is 46.8 Å². The normalized spacial score (nSPS) is 11.9. The maximum Gasteiger partial charge on any atom is 0.307 e. The molecule has 204 valence electrons. The zero-order chi connectivity index (χ0) is 27.9. The van der Waals surface area contributed by atoms with Crippen LogP contribution < -0.4 is 19.6 Å². The molecule has 0 saturated carbocycles. The fourth-order valence-corrected chi connectivity index (χ4v) is 4.34. The summed E-state index contributed by atoms with van der Waals surface area (Å²) in [5, 5.41) is 4.06. The predicted octanol–water partition coefficient (Wildman–Crippen LogP) is 6.98. The number of carbonyl (C=O) groups excluding carboxylic acids is 1. The van der Waals surface area contributed by atoms with Crippen molar-refractivity contribution < 1.29 is 23.4 Å². The monoisotopic (exact) mass is 593 g/mol. The third-order valence-electron chi connectivity index (χ3n) is 6.19. The molecule has 0 spiro atoms. The Kier molecular flexibility index (Phi) is 9.14. The number of hydrazone groups is 1. The lowest BCUT2D eigenvalue weighted by Gasteiger charge is -2.16. The summed E-state index contributed by atoms with van der Waals surface area (Å²) >= 11 is 3.52. The lowest BCUT2D eigenvalue weighted by Crippen LogP contribution is -2.17. The molecule has 0 aliphatic heterocycles. The standard InChI is InChI=1S/C30H32BrN3O5/c1-6-21(4)38-29-16-26(31)22(15-28(29)36-5)17-32-33-30(35)27-14-13-25(39-27)18-37-24-11-9-23(10-12-24)34-19(2)7-8-20(34)3/h7-17,21H,6,18H2,1-5H3,(H,33,35)/b32-17+/t21-/m1/s1. The first-order valence-corrected chi connectivity index (χ1v) is 13.4. The average Bonchev–Trinajstić information content (AvgIpc) is 3.55. The van der Waals surface area contributed by atoms with Crippen LogP contribution in [-0.2, 0) is 6.61 Å². The third-order valence-corrected chi connectivity index (χ3v) is 6.88. The van der Waals surface area contributed by atoms with Crippen molar-refractivity contribution in [3.8, 4) is 22.9 Å². The Morgan fingerprint density at radius 1 is 1.08 bits per heavy atom. The Hall–Kier alpha value is -3.98. The number of aromatic nitrogens is 1. The molecule has 1 amide bonds. The number of ether oxygens (including phenoxy) is 3. The van der Waals surface area contributed by atoms with Crippen LogP contribution in [0.15, 0.2) is 74.7 Å². The van der Waals surface area contributed by atoms with Gasteiger partial charge in [-0.3, -0.25) is 4.79 Å². The molecule has 0 aliphatic rings. The molecule has 39 heavy (non-hydrogen) atoms. The van der Waals surface area contributed by atoms with E-state index in [1.54, 1.807) is 25.3 Å². The summed E-state index contributed by atoms with van der Waals surface area (Å²) in [6.45, 7) is 8.38. The summed E-state index contributed by atoms with van der Waals surface area (Å²) in [5.74, 6) is 2.09. The highest BCUT2D eigenvalue weighted by Crippen LogP contribution is 2.34. The first kappa shape index (κ1) is 28.0. The topological polar surface area (TPSA) is 87.2 Å². The van der Waals surface area contributed by atoms with Crippen molar-refractivity contribution in [2.75, 3.05) is 7.11 Å². The van der Waals surface area contributed by atoms with E-state index in [0.29, 0.717) is 28.6 Å². The van der Waals surface area contributed by atoms with E-state index in [-0.39, 0.29) is 18.5 Å². The zero-order valence-electron chi connectivity index (χ0n) is 22.7. The zero-order valence-corrected chi connectivity index (χ0v) is 24.2. The SMILES string of the molecule is CC[C@@H](C)Oc1cc(Br)c(/C=N/NC(=O)c2ccc(COc3ccc(-n4c(C)ccc4C)cc3)o2)cc1OC. The van der Waals surface area contributed by atoms with E-state index in [4.69, 9.17) is 18.6 Å². The van der Waals surface area contributed by atoms with E-state index in [0.717, 1.165) is 16.6 Å². The minimum atomic E-state index is -0.473. The van der Waals surface area contributed by atoms with Crippen molar-refractivity contribution in [1.29, 1.82) is 0 Å². The van der Waals surface area contributed by atoms with E-state index in [1.165, 1.54) is 17.6 Å². The molecule has 1 atom stereocenters. The highest BCUT2D eigenvalue weighted by atomic mass is 79.9. The van der Waals surface area contributed by atoms with E-state index in [9.17, 15) is 4.79 Å². The lowest BCUT2D eigenvalue weighted by atomic mass is 10.2. The Bertz CT molecular complexity index is 1440. The van der Waals surface area contributed by atoms with Crippen LogP contribution in [0.1, 0.15) is 53.5 Å². The van der Waals surface area contributed by atoms with Crippen LogP contribution in [0.5, 0.6) is 17.2 Å². The first-order valence-electron chi connectivity index (χ1n) is 12.6. The van der Waals surface area contributed by atoms with Gasteiger partial charge in [-0.15, -0.1) is 0 Å². The molecular weight excluding hydrogens is 562 g/mol. The highest BCUT2D eigenvalue weighted by Gasteiger charge is 2.14. The number of hydrogen-bond acceptors (Lipinski definition) is 6. The van der Waals surface area contributed by atoms with Gasteiger partial charge in [-0.2, -0.15) is 5.10 Å². The number of amides is 1. The number of hydrogen-bond donors (Lipinski definition) is 1. The summed E-state index contributed by atoms with van der Waals surface area (Å²) in [6, 6.07) is 18.9. The summed E-state index contributed by atoms with van der Waals surface area (Å²) < 4.78 is 25.8. The molecule has 2 heterocycles. The maximum atomic E-state index is 12.5. The first-order chi connectivity index (χ1) is 18.8. The van der Waals surface area contributed by atoms with Gasteiger partial charge >= 0.3 is 5.91 Å². The molecule has 2 aromatic carbocycles. The number of nitrogens with one attached hydrogen (secondary N) is 1. The molecule has 8 nitrogen and oxygen atoms in total. The minimum absolute atomic E-state index is 0.0532. The van der Waals surface area contributed by atoms with Crippen LogP contribution in [0, 0.1) is 13.8 Å². The summed E-state index contributed by atoms with van der Waals surface area (Å²) in [4.78, 5) is 12.5. The molecule has 0 saturated heterocycles. The van der Waals surface area contributed by atoms with Gasteiger partial charge in [0.05, 0.1) is 19.4 Å². The van der Waals surface area contributed by atoms with Crippen LogP contribution in [-0.4, -0.2) is 29.9 Å². The Morgan fingerprint density at radius 2 is 1.79 bits per heavy atom. The van der Waals surface area contributed by atoms with Gasteiger partial charge in [0.15, 0.2) is 17.3 Å². The van der Waals surface area contributed by atoms with Gasteiger partial charge in [0, 0.05) is 27.1 Å². The van der Waals surface area contributed by atoms with Crippen molar-refractivity contribution in [1.82, 2.24) is 9.99 Å². The number of carbonyl (C=O) groups is 1. The molecular formula is C30H32BrN3O5. The fraction of sp³-hybridized carbons (Fsp3) is 0.267. The second-order valence-corrected chi connectivity index (χ2v) is 9.91. The van der Waals surface area contributed by atoms with Crippen LogP contribution in [0.3, 0.4) is 0 Å². The van der Waals surface area contributed by atoms with E-state index in [2.05, 4.69) is 63.9 Å². The predicted molar refractivity (Wildman–Crippen MR) is 154 cm³/mol. The quantitative estimate of drug-likeness (QED) is 0.150. The summed E-state index contributed by atoms with van der Waals surface area (Å²) in [7, 11) is 1.58. The Labute approximate surface area is 236 Å². The fourth-order valence-electron chi connectivity index (χ4n) is 3.92. The highest BCUT2D eigenvalue weighted by molar-refractivity contribution is 9.10. The average molecular weight is 595 g/mol. The minimum Gasteiger partial charge on any atom is -0.493 e. The van der Waals surface area contributed by atoms with Gasteiger partial charge in [0.1, 0.15) is 18.1 Å². The Morgan fingerprint density at radius 3 is 2.46 bits per heavy atom. The smallest absolute Gasteiger partial charge is 0.307 e.